The summed E-state index contributed by atoms with van der Waals surface area (Å²) in [7, 11) is 0. The molecule has 3 atom stereocenters. The summed E-state index contributed by atoms with van der Waals surface area (Å²) in [5.74, 6) is 2.03. The normalized spacial score (nSPS) is 21.6. The summed E-state index contributed by atoms with van der Waals surface area (Å²) in [5, 5.41) is 3.28. The second-order valence-electron chi connectivity index (χ2n) is 14.0. The van der Waals surface area contributed by atoms with Crippen molar-refractivity contribution in [2.45, 2.75) is 118 Å². The number of piperidine rings is 1. The van der Waals surface area contributed by atoms with Crippen LogP contribution in [0.25, 0.3) is 0 Å². The number of benzene rings is 1. The summed E-state index contributed by atoms with van der Waals surface area (Å²) in [4.78, 5) is 42.6. The lowest BCUT2D eigenvalue weighted by atomic mass is 9.87. The topological polar surface area (TPSA) is 88.2 Å². The number of ketones is 1. The molecule has 1 aliphatic carbocycles. The molecule has 0 bridgehead atoms. The number of unbranched alkanes of at least 4 members (excludes halogenated alkanes) is 3. The molecule has 0 aromatic heterocycles. The number of anilines is 2. The second-order valence-corrected chi connectivity index (χ2v) is 14.0. The molecule has 2 fully saturated rings. The Morgan fingerprint density at radius 3 is 2.41 bits per heavy atom. The van der Waals surface area contributed by atoms with Gasteiger partial charge in [-0.2, -0.15) is 0 Å². The molecule has 1 aromatic carbocycles. The minimum atomic E-state index is -0.916. The standard InChI is InChI=1S/C27H39N3O4.C9H20O/c1-5-6-7-8-13-29-23-15-22(11-12-24(23)34-27(3,4)26(29)33)30(21-9-10-21)25(32)20-14-19(18(2)31)16-28-17-20;1-5-10-7-9(4)6-8(2)3/h11-12,15,19-21,28H,5-10,13-14,16-17H2,1-4H3;8-9H,5-7H2,1-4H3/t19-,20+;/m0./s1. The third kappa shape index (κ3) is 10.0. The van der Waals surface area contributed by atoms with Crippen LogP contribution in [0.3, 0.4) is 0 Å². The van der Waals surface area contributed by atoms with Gasteiger partial charge in [0.25, 0.3) is 5.91 Å². The summed E-state index contributed by atoms with van der Waals surface area (Å²) in [5.41, 5.74) is 0.645. The zero-order chi connectivity index (χ0) is 32.4. The van der Waals surface area contributed by atoms with E-state index in [0.29, 0.717) is 31.8 Å². The molecule has 3 aliphatic rings. The van der Waals surface area contributed by atoms with Crippen LogP contribution in [0.2, 0.25) is 0 Å². The summed E-state index contributed by atoms with van der Waals surface area (Å²) < 4.78 is 11.4. The maximum atomic E-state index is 13.7. The largest absolute Gasteiger partial charge is 0.476 e. The van der Waals surface area contributed by atoms with Crippen LogP contribution >= 0.6 is 0 Å². The monoisotopic (exact) mass is 613 g/mol. The summed E-state index contributed by atoms with van der Waals surface area (Å²) in [6.07, 6.45) is 8.12. The molecular formula is C36H59N3O5. The van der Waals surface area contributed by atoms with Crippen LogP contribution in [0, 0.1) is 23.7 Å². The van der Waals surface area contributed by atoms with Gasteiger partial charge in [-0.3, -0.25) is 14.4 Å². The number of hydrogen-bond donors (Lipinski definition) is 1. The van der Waals surface area contributed by atoms with Crippen LogP contribution in [-0.4, -0.2) is 62.1 Å². The van der Waals surface area contributed by atoms with E-state index >= 15 is 0 Å². The molecule has 1 saturated carbocycles. The van der Waals surface area contributed by atoms with E-state index in [9.17, 15) is 14.4 Å². The molecule has 0 radical (unpaired) electrons. The zero-order valence-corrected chi connectivity index (χ0v) is 28.7. The highest BCUT2D eigenvalue weighted by atomic mass is 16.5. The Balaban J connectivity index is 0.000000456. The second kappa shape index (κ2) is 16.7. The average Bonchev–Trinajstić information content (AvgIpc) is 3.81. The molecular weight excluding hydrogens is 554 g/mol. The molecule has 4 rings (SSSR count). The number of carbonyl (C=O) groups is 3. The highest BCUT2D eigenvalue weighted by Crippen LogP contribution is 2.43. The van der Waals surface area contributed by atoms with Crippen LogP contribution < -0.4 is 19.9 Å². The molecule has 2 heterocycles. The van der Waals surface area contributed by atoms with E-state index < -0.39 is 5.60 Å². The zero-order valence-electron chi connectivity index (χ0n) is 28.7. The molecule has 2 aliphatic heterocycles. The van der Waals surface area contributed by atoms with Crippen molar-refractivity contribution in [3.63, 3.8) is 0 Å². The number of amides is 2. The first kappa shape index (κ1) is 36.0. The Morgan fingerprint density at radius 1 is 1.09 bits per heavy atom. The van der Waals surface area contributed by atoms with Crippen molar-refractivity contribution in [2.75, 3.05) is 42.6 Å². The van der Waals surface area contributed by atoms with Gasteiger partial charge in [0.05, 0.1) is 11.6 Å². The number of nitrogens with zero attached hydrogens (tertiary/aromatic N) is 2. The SMILES string of the molecule is CCCCCCN1C(=O)C(C)(C)Oc2ccc(N(C(=O)[C@H]3CNC[C@@H](C(C)=O)C3)C3CC3)cc21.CCOCC(C)CC(C)C. The van der Waals surface area contributed by atoms with Gasteiger partial charge in [0.1, 0.15) is 11.5 Å². The van der Waals surface area contributed by atoms with Crippen LogP contribution in [0.5, 0.6) is 5.75 Å². The van der Waals surface area contributed by atoms with Crippen LogP contribution in [0.1, 0.15) is 107 Å². The van der Waals surface area contributed by atoms with E-state index in [1.165, 1.54) is 6.42 Å². The molecule has 1 saturated heterocycles. The van der Waals surface area contributed by atoms with E-state index in [2.05, 4.69) is 33.0 Å². The van der Waals surface area contributed by atoms with E-state index in [4.69, 9.17) is 9.47 Å². The van der Waals surface area contributed by atoms with Crippen molar-refractivity contribution in [3.8, 4) is 5.75 Å². The lowest BCUT2D eigenvalue weighted by Crippen LogP contribution is -2.53. The lowest BCUT2D eigenvalue weighted by molar-refractivity contribution is -0.132. The number of nitrogens with one attached hydrogen (secondary N) is 1. The fraction of sp³-hybridized carbons (Fsp3) is 0.750. The average molecular weight is 614 g/mol. The van der Waals surface area contributed by atoms with Crippen molar-refractivity contribution in [2.24, 2.45) is 23.7 Å². The first-order chi connectivity index (χ1) is 20.9. The fourth-order valence-electron chi connectivity index (χ4n) is 6.30. The summed E-state index contributed by atoms with van der Waals surface area (Å²) in [6.45, 7) is 19.9. The van der Waals surface area contributed by atoms with E-state index in [1.54, 1.807) is 6.92 Å². The fourth-order valence-corrected chi connectivity index (χ4v) is 6.30. The number of fused-ring (bicyclic) bond motifs is 1. The van der Waals surface area contributed by atoms with Gasteiger partial charge in [0.2, 0.25) is 5.91 Å². The van der Waals surface area contributed by atoms with Gasteiger partial charge in [0, 0.05) is 50.5 Å². The van der Waals surface area contributed by atoms with Crippen LogP contribution in [0.15, 0.2) is 18.2 Å². The van der Waals surface area contributed by atoms with Gasteiger partial charge in [-0.1, -0.05) is 47.0 Å². The van der Waals surface area contributed by atoms with Gasteiger partial charge >= 0.3 is 0 Å². The molecule has 1 unspecified atom stereocenters. The smallest absolute Gasteiger partial charge is 0.270 e. The van der Waals surface area contributed by atoms with Gasteiger partial charge in [0.15, 0.2) is 5.60 Å². The van der Waals surface area contributed by atoms with Gasteiger partial charge in [-0.15, -0.1) is 0 Å². The Morgan fingerprint density at radius 2 is 1.80 bits per heavy atom. The molecule has 0 spiro atoms. The van der Waals surface area contributed by atoms with E-state index in [1.807, 2.05) is 48.8 Å². The quantitative estimate of drug-likeness (QED) is 0.233. The summed E-state index contributed by atoms with van der Waals surface area (Å²) in [6, 6.07) is 5.97. The van der Waals surface area contributed by atoms with Crippen molar-refractivity contribution < 1.29 is 23.9 Å². The van der Waals surface area contributed by atoms with Crippen LogP contribution in [-0.2, 0) is 19.1 Å². The first-order valence-corrected chi connectivity index (χ1v) is 17.2. The number of rotatable bonds is 14. The number of hydrogen-bond acceptors (Lipinski definition) is 6. The predicted octanol–water partition coefficient (Wildman–Crippen LogP) is 6.79. The van der Waals surface area contributed by atoms with Gasteiger partial charge < -0.3 is 24.6 Å². The van der Waals surface area contributed by atoms with E-state index in [0.717, 1.165) is 74.9 Å². The van der Waals surface area contributed by atoms with Gasteiger partial charge in [-0.05, 0) is 89.8 Å². The molecule has 248 valence electrons. The number of carbonyl (C=O) groups excluding carboxylic acids is 3. The van der Waals surface area contributed by atoms with Crippen LogP contribution in [0.4, 0.5) is 11.4 Å². The Labute approximate surface area is 266 Å². The van der Waals surface area contributed by atoms with Crippen molar-refractivity contribution in [1.29, 1.82) is 0 Å². The maximum Gasteiger partial charge on any atom is 0.270 e. The lowest BCUT2D eigenvalue weighted by Gasteiger charge is -2.40. The van der Waals surface area contributed by atoms with Crippen molar-refractivity contribution in [1.82, 2.24) is 5.32 Å². The summed E-state index contributed by atoms with van der Waals surface area (Å²) >= 11 is 0. The highest BCUT2D eigenvalue weighted by molar-refractivity contribution is 6.04. The third-order valence-electron chi connectivity index (χ3n) is 8.78. The maximum absolute atomic E-state index is 13.7. The Kier molecular flexibility index (Phi) is 13.7. The highest BCUT2D eigenvalue weighted by Gasteiger charge is 2.43. The van der Waals surface area contributed by atoms with E-state index in [-0.39, 0.29) is 35.5 Å². The minimum Gasteiger partial charge on any atom is -0.476 e. The molecule has 1 N–H and O–H groups in total. The van der Waals surface area contributed by atoms with Crippen molar-refractivity contribution in [3.05, 3.63) is 18.2 Å². The third-order valence-corrected chi connectivity index (χ3v) is 8.78. The molecule has 44 heavy (non-hydrogen) atoms. The molecule has 8 heteroatoms. The number of Topliss-reactive ketones (excluding diaryl/α,β-unsaturated/α-hetero) is 1. The van der Waals surface area contributed by atoms with Gasteiger partial charge in [-0.25, -0.2) is 0 Å². The predicted molar refractivity (Wildman–Crippen MR) is 178 cm³/mol. The molecule has 1 aromatic rings. The number of ether oxygens (including phenoxy) is 2. The van der Waals surface area contributed by atoms with Crippen molar-refractivity contribution >= 4 is 29.0 Å². The molecule has 8 nitrogen and oxygen atoms in total. The minimum absolute atomic E-state index is 0.0428. The molecule has 2 amide bonds. The Hall–Kier alpha value is -2.45. The Bertz CT molecular complexity index is 1100. The first-order valence-electron chi connectivity index (χ1n) is 17.2.